The molecule has 0 saturated heterocycles. The molecule has 1 atom stereocenters. The topological polar surface area (TPSA) is 54.0 Å². The third kappa shape index (κ3) is 2.50. The molecular formula is C16H17N3O. The van der Waals surface area contributed by atoms with Gasteiger partial charge in [0.1, 0.15) is 0 Å². The van der Waals surface area contributed by atoms with Crippen LogP contribution in [0.3, 0.4) is 0 Å². The maximum Gasteiger partial charge on any atom is 0.251 e. The molecule has 2 N–H and O–H groups in total. The van der Waals surface area contributed by atoms with E-state index in [1.54, 1.807) is 12.4 Å². The van der Waals surface area contributed by atoms with Crippen LogP contribution in [0.5, 0.6) is 0 Å². The lowest BCUT2D eigenvalue weighted by Gasteiger charge is -2.14. The van der Waals surface area contributed by atoms with E-state index < -0.39 is 0 Å². The number of fused-ring (bicyclic) bond motifs is 1. The van der Waals surface area contributed by atoms with Gasteiger partial charge in [0.05, 0.1) is 6.04 Å². The number of carbonyl (C=O) groups excluding carboxylic acids is 1. The van der Waals surface area contributed by atoms with Crippen molar-refractivity contribution in [1.29, 1.82) is 0 Å². The van der Waals surface area contributed by atoms with Crippen LogP contribution in [0.15, 0.2) is 42.7 Å². The molecule has 1 aliphatic heterocycles. The largest absolute Gasteiger partial charge is 0.384 e. The lowest BCUT2D eigenvalue weighted by atomic mass is 10.1. The van der Waals surface area contributed by atoms with E-state index in [-0.39, 0.29) is 11.9 Å². The number of nitrogens with one attached hydrogen (secondary N) is 2. The Kier molecular flexibility index (Phi) is 3.37. The van der Waals surface area contributed by atoms with Crippen LogP contribution in [0, 0.1) is 0 Å². The highest BCUT2D eigenvalue weighted by Crippen LogP contribution is 2.23. The van der Waals surface area contributed by atoms with Crippen molar-refractivity contribution in [3.8, 4) is 0 Å². The lowest BCUT2D eigenvalue weighted by Crippen LogP contribution is -2.26. The van der Waals surface area contributed by atoms with Crippen molar-refractivity contribution < 1.29 is 4.79 Å². The molecule has 1 aromatic heterocycles. The Balaban J connectivity index is 1.73. The summed E-state index contributed by atoms with van der Waals surface area (Å²) in [6, 6.07) is 9.61. The van der Waals surface area contributed by atoms with Crippen LogP contribution in [-0.2, 0) is 6.42 Å². The summed E-state index contributed by atoms with van der Waals surface area (Å²) in [5.41, 5.74) is 4.04. The fourth-order valence-corrected chi connectivity index (χ4v) is 2.43. The smallest absolute Gasteiger partial charge is 0.251 e. The predicted octanol–water partition coefficient (Wildman–Crippen LogP) is 2.54. The van der Waals surface area contributed by atoms with E-state index in [2.05, 4.69) is 15.6 Å². The quantitative estimate of drug-likeness (QED) is 0.898. The second-order valence-electron chi connectivity index (χ2n) is 5.03. The van der Waals surface area contributed by atoms with Gasteiger partial charge in [-0.3, -0.25) is 9.78 Å². The monoisotopic (exact) mass is 267 g/mol. The number of pyridine rings is 1. The zero-order valence-electron chi connectivity index (χ0n) is 11.4. The van der Waals surface area contributed by atoms with Crippen molar-refractivity contribution in [2.24, 2.45) is 0 Å². The van der Waals surface area contributed by atoms with Gasteiger partial charge in [0, 0.05) is 30.2 Å². The van der Waals surface area contributed by atoms with Crippen molar-refractivity contribution in [3.05, 3.63) is 59.4 Å². The number of amides is 1. The molecule has 0 fully saturated rings. The van der Waals surface area contributed by atoms with Crippen LogP contribution in [0.1, 0.15) is 34.5 Å². The van der Waals surface area contributed by atoms with Crippen molar-refractivity contribution >= 4 is 11.6 Å². The first kappa shape index (κ1) is 12.7. The maximum atomic E-state index is 12.3. The molecule has 1 aliphatic rings. The summed E-state index contributed by atoms with van der Waals surface area (Å²) in [6.45, 7) is 2.91. The molecule has 2 heterocycles. The molecule has 0 spiro atoms. The molecule has 0 bridgehead atoms. The summed E-state index contributed by atoms with van der Waals surface area (Å²) in [7, 11) is 0. The number of nitrogens with zero attached hydrogens (tertiary/aromatic N) is 1. The van der Waals surface area contributed by atoms with Crippen LogP contribution >= 0.6 is 0 Å². The Labute approximate surface area is 118 Å². The number of benzene rings is 1. The normalized spacial score (nSPS) is 14.2. The third-order valence-corrected chi connectivity index (χ3v) is 3.61. The first-order chi connectivity index (χ1) is 9.74. The number of hydrogen-bond donors (Lipinski definition) is 2. The number of rotatable bonds is 3. The number of aromatic nitrogens is 1. The van der Waals surface area contributed by atoms with Gasteiger partial charge in [-0.25, -0.2) is 0 Å². The minimum atomic E-state index is -0.0580. The van der Waals surface area contributed by atoms with Crippen molar-refractivity contribution in [2.45, 2.75) is 19.4 Å². The molecule has 0 radical (unpaired) electrons. The molecule has 0 aliphatic carbocycles. The van der Waals surface area contributed by atoms with Gasteiger partial charge in [-0.15, -0.1) is 0 Å². The summed E-state index contributed by atoms with van der Waals surface area (Å²) >= 11 is 0. The first-order valence-electron chi connectivity index (χ1n) is 6.81. The summed E-state index contributed by atoms with van der Waals surface area (Å²) in [6.07, 6.45) is 4.53. The fraction of sp³-hybridized carbons (Fsp3) is 0.250. The Hall–Kier alpha value is -2.36. The number of carbonyl (C=O) groups is 1. The van der Waals surface area contributed by atoms with Crippen molar-refractivity contribution in [2.75, 3.05) is 11.9 Å². The van der Waals surface area contributed by atoms with Gasteiger partial charge in [0.2, 0.25) is 0 Å². The average molecular weight is 267 g/mol. The Morgan fingerprint density at radius 1 is 1.40 bits per heavy atom. The van der Waals surface area contributed by atoms with Crippen LogP contribution in [-0.4, -0.2) is 17.4 Å². The van der Waals surface area contributed by atoms with Gasteiger partial charge in [-0.2, -0.15) is 0 Å². The van der Waals surface area contributed by atoms with Gasteiger partial charge >= 0.3 is 0 Å². The third-order valence-electron chi connectivity index (χ3n) is 3.61. The van der Waals surface area contributed by atoms with E-state index in [0.717, 1.165) is 24.2 Å². The van der Waals surface area contributed by atoms with Gasteiger partial charge in [0.25, 0.3) is 5.91 Å². The molecule has 102 valence electrons. The predicted molar refractivity (Wildman–Crippen MR) is 78.8 cm³/mol. The van der Waals surface area contributed by atoms with Gasteiger partial charge < -0.3 is 10.6 Å². The van der Waals surface area contributed by atoms with Crippen LogP contribution in [0.4, 0.5) is 5.69 Å². The van der Waals surface area contributed by atoms with E-state index in [0.29, 0.717) is 5.56 Å². The maximum absolute atomic E-state index is 12.3. The minimum absolute atomic E-state index is 0.0575. The van der Waals surface area contributed by atoms with E-state index in [1.165, 1.54) is 5.56 Å². The molecule has 2 aromatic rings. The number of anilines is 1. The molecule has 20 heavy (non-hydrogen) atoms. The lowest BCUT2D eigenvalue weighted by molar-refractivity contribution is 0.0940. The second-order valence-corrected chi connectivity index (χ2v) is 5.03. The molecule has 1 aromatic carbocycles. The van der Waals surface area contributed by atoms with Crippen LogP contribution in [0.25, 0.3) is 0 Å². The Morgan fingerprint density at radius 2 is 2.30 bits per heavy atom. The Bertz CT molecular complexity index is 625. The van der Waals surface area contributed by atoms with Gasteiger partial charge in [0.15, 0.2) is 0 Å². The minimum Gasteiger partial charge on any atom is -0.384 e. The van der Waals surface area contributed by atoms with E-state index >= 15 is 0 Å². The molecule has 1 unspecified atom stereocenters. The molecule has 4 heteroatoms. The van der Waals surface area contributed by atoms with Crippen LogP contribution in [0.2, 0.25) is 0 Å². The highest BCUT2D eigenvalue weighted by molar-refractivity contribution is 5.95. The molecule has 1 amide bonds. The summed E-state index contributed by atoms with van der Waals surface area (Å²) in [5, 5.41) is 6.29. The first-order valence-corrected chi connectivity index (χ1v) is 6.81. The Morgan fingerprint density at radius 3 is 3.10 bits per heavy atom. The van der Waals surface area contributed by atoms with Crippen molar-refractivity contribution in [3.63, 3.8) is 0 Å². The van der Waals surface area contributed by atoms with E-state index in [9.17, 15) is 4.79 Å². The molecular weight excluding hydrogens is 250 g/mol. The number of hydrogen-bond acceptors (Lipinski definition) is 3. The van der Waals surface area contributed by atoms with Gasteiger partial charge in [-0.05, 0) is 42.7 Å². The van der Waals surface area contributed by atoms with Crippen molar-refractivity contribution in [1.82, 2.24) is 10.3 Å². The summed E-state index contributed by atoms with van der Waals surface area (Å²) in [5.74, 6) is -0.0575. The molecule has 3 rings (SSSR count). The van der Waals surface area contributed by atoms with Crippen LogP contribution < -0.4 is 10.6 Å². The standard InChI is InChI=1S/C16H17N3O/c1-11(14-3-2-7-17-10-14)19-16(20)13-5-4-12-6-8-18-15(12)9-13/h2-5,7,9-11,18H,6,8H2,1H3,(H,19,20). The summed E-state index contributed by atoms with van der Waals surface area (Å²) in [4.78, 5) is 16.3. The highest BCUT2D eigenvalue weighted by Gasteiger charge is 2.15. The average Bonchev–Trinajstić information content (AvgIpc) is 2.95. The summed E-state index contributed by atoms with van der Waals surface area (Å²) < 4.78 is 0. The van der Waals surface area contributed by atoms with E-state index in [1.807, 2.05) is 37.3 Å². The SMILES string of the molecule is CC(NC(=O)c1ccc2c(c1)NCC2)c1cccnc1. The second kappa shape index (κ2) is 5.33. The van der Waals surface area contributed by atoms with Gasteiger partial charge in [-0.1, -0.05) is 12.1 Å². The zero-order valence-corrected chi connectivity index (χ0v) is 11.4. The highest BCUT2D eigenvalue weighted by atomic mass is 16.1. The molecule has 0 saturated carbocycles. The zero-order chi connectivity index (χ0) is 13.9. The fourth-order valence-electron chi connectivity index (χ4n) is 2.43. The molecule has 4 nitrogen and oxygen atoms in total. The van der Waals surface area contributed by atoms with E-state index in [4.69, 9.17) is 0 Å².